The summed E-state index contributed by atoms with van der Waals surface area (Å²) in [6, 6.07) is 10.0. The van der Waals surface area contributed by atoms with Crippen molar-refractivity contribution >= 4 is 21.4 Å². The molecule has 0 aliphatic heterocycles. The molecule has 0 unspecified atom stereocenters. The second kappa shape index (κ2) is 5.68. The largest absolute Gasteiger partial charge is 0.358 e. The third-order valence-electron chi connectivity index (χ3n) is 4.85. The fourth-order valence-electron chi connectivity index (χ4n) is 3.33. The van der Waals surface area contributed by atoms with Crippen LogP contribution in [0.25, 0.3) is 4.96 Å². The SMILES string of the molecule is CN(C)C1(CNc2nn3c(=O)ccnc3s2)Cc2ccccc2C1. The maximum atomic E-state index is 11.8. The average molecular weight is 341 g/mol. The van der Waals surface area contributed by atoms with Crippen LogP contribution in [0.15, 0.2) is 41.3 Å². The van der Waals surface area contributed by atoms with Gasteiger partial charge in [0.15, 0.2) is 0 Å². The van der Waals surface area contributed by atoms with E-state index in [9.17, 15) is 4.79 Å². The third kappa shape index (κ3) is 2.50. The topological polar surface area (TPSA) is 62.5 Å². The highest BCUT2D eigenvalue weighted by molar-refractivity contribution is 7.20. The molecule has 1 aromatic carbocycles. The Morgan fingerprint density at radius 3 is 2.58 bits per heavy atom. The Labute approximate surface area is 143 Å². The lowest BCUT2D eigenvalue weighted by molar-refractivity contribution is 0.176. The Bertz CT molecular complexity index is 920. The van der Waals surface area contributed by atoms with E-state index in [0.29, 0.717) is 4.96 Å². The lowest BCUT2D eigenvalue weighted by atomic mass is 9.94. The number of hydrogen-bond donors (Lipinski definition) is 1. The van der Waals surface area contributed by atoms with Crippen LogP contribution in [0.4, 0.5) is 5.13 Å². The van der Waals surface area contributed by atoms with Crippen LogP contribution in [0.2, 0.25) is 0 Å². The summed E-state index contributed by atoms with van der Waals surface area (Å²) >= 11 is 1.40. The highest BCUT2D eigenvalue weighted by Crippen LogP contribution is 2.34. The fourth-order valence-corrected chi connectivity index (χ4v) is 4.10. The van der Waals surface area contributed by atoms with Gasteiger partial charge in [-0.2, -0.15) is 4.52 Å². The summed E-state index contributed by atoms with van der Waals surface area (Å²) < 4.78 is 1.35. The third-order valence-corrected chi connectivity index (χ3v) is 5.73. The highest BCUT2D eigenvalue weighted by Gasteiger charge is 2.39. The number of hydrogen-bond acceptors (Lipinski definition) is 6. The Morgan fingerprint density at radius 1 is 1.25 bits per heavy atom. The average Bonchev–Trinajstić information content (AvgIpc) is 3.15. The summed E-state index contributed by atoms with van der Waals surface area (Å²) in [4.78, 5) is 18.9. The molecule has 124 valence electrons. The van der Waals surface area contributed by atoms with E-state index in [-0.39, 0.29) is 11.1 Å². The number of likely N-dealkylation sites (N-methyl/N-ethyl adjacent to an activating group) is 1. The molecule has 24 heavy (non-hydrogen) atoms. The molecule has 0 radical (unpaired) electrons. The van der Waals surface area contributed by atoms with Crippen LogP contribution in [-0.2, 0) is 12.8 Å². The molecule has 0 atom stereocenters. The Kier molecular flexibility index (Phi) is 3.62. The van der Waals surface area contributed by atoms with Gasteiger partial charge in [-0.1, -0.05) is 35.6 Å². The van der Waals surface area contributed by atoms with Crippen LogP contribution >= 0.6 is 11.3 Å². The van der Waals surface area contributed by atoms with Crippen molar-refractivity contribution in [1.82, 2.24) is 19.5 Å². The first-order valence-corrected chi connectivity index (χ1v) is 8.72. The van der Waals surface area contributed by atoms with Gasteiger partial charge in [0, 0.05) is 24.3 Å². The maximum absolute atomic E-state index is 11.8. The molecule has 4 rings (SSSR count). The first-order chi connectivity index (χ1) is 11.6. The van der Waals surface area contributed by atoms with Gasteiger partial charge in [-0.3, -0.25) is 4.79 Å². The van der Waals surface area contributed by atoms with Crippen LogP contribution in [0.1, 0.15) is 11.1 Å². The zero-order chi connectivity index (χ0) is 16.7. The van der Waals surface area contributed by atoms with Gasteiger partial charge >= 0.3 is 0 Å². The van der Waals surface area contributed by atoms with E-state index in [2.05, 4.69) is 58.7 Å². The molecule has 2 heterocycles. The molecule has 0 bridgehead atoms. The fraction of sp³-hybridized carbons (Fsp3) is 0.353. The molecule has 0 fully saturated rings. The van der Waals surface area contributed by atoms with Crippen molar-refractivity contribution in [2.45, 2.75) is 18.4 Å². The molecule has 0 amide bonds. The van der Waals surface area contributed by atoms with Crippen molar-refractivity contribution in [3.8, 4) is 0 Å². The van der Waals surface area contributed by atoms with Gasteiger partial charge in [-0.15, -0.1) is 5.10 Å². The molecule has 1 aliphatic rings. The van der Waals surface area contributed by atoms with E-state index in [1.54, 1.807) is 0 Å². The predicted octanol–water partition coefficient (Wildman–Crippen LogP) is 1.66. The van der Waals surface area contributed by atoms with Gasteiger partial charge < -0.3 is 10.2 Å². The van der Waals surface area contributed by atoms with E-state index in [4.69, 9.17) is 0 Å². The minimum Gasteiger partial charge on any atom is -0.358 e. The first kappa shape index (κ1) is 15.3. The summed E-state index contributed by atoms with van der Waals surface area (Å²) in [5, 5.41) is 8.49. The minimum atomic E-state index is -0.153. The monoisotopic (exact) mass is 341 g/mol. The summed E-state index contributed by atoms with van der Waals surface area (Å²) in [6.07, 6.45) is 3.53. The van der Waals surface area contributed by atoms with E-state index < -0.39 is 0 Å². The minimum absolute atomic E-state index is 0.0138. The van der Waals surface area contributed by atoms with Gasteiger partial charge in [-0.25, -0.2) is 4.98 Å². The highest BCUT2D eigenvalue weighted by atomic mass is 32.1. The van der Waals surface area contributed by atoms with Crippen molar-refractivity contribution in [1.29, 1.82) is 0 Å². The van der Waals surface area contributed by atoms with E-state index in [1.165, 1.54) is 39.2 Å². The van der Waals surface area contributed by atoms with E-state index in [1.807, 2.05) is 0 Å². The summed E-state index contributed by atoms with van der Waals surface area (Å²) in [6.45, 7) is 0.767. The molecule has 0 spiro atoms. The van der Waals surface area contributed by atoms with Crippen LogP contribution in [0.5, 0.6) is 0 Å². The molecule has 3 aromatic rings. The summed E-state index contributed by atoms with van der Waals surface area (Å²) in [5.41, 5.74) is 2.69. The molecule has 0 saturated carbocycles. The summed E-state index contributed by atoms with van der Waals surface area (Å²) in [5.74, 6) is 0. The van der Waals surface area contributed by atoms with Crippen LogP contribution in [-0.4, -0.2) is 45.7 Å². The molecular formula is C17H19N5OS. The van der Waals surface area contributed by atoms with Gasteiger partial charge in [0.1, 0.15) is 0 Å². The zero-order valence-corrected chi connectivity index (χ0v) is 14.5. The molecule has 7 heteroatoms. The van der Waals surface area contributed by atoms with E-state index in [0.717, 1.165) is 24.5 Å². The number of anilines is 1. The van der Waals surface area contributed by atoms with Gasteiger partial charge in [-0.05, 0) is 38.1 Å². The van der Waals surface area contributed by atoms with Gasteiger partial charge in [0.2, 0.25) is 10.1 Å². The standard InChI is InChI=1S/C17H19N5OS/c1-21(2)17(9-12-5-3-4-6-13(12)10-17)11-19-15-20-22-14(23)7-8-18-16(22)24-15/h3-8H,9-11H2,1-2H3,(H,19,20). The second-order valence-corrected chi connectivity index (χ2v) is 7.44. The van der Waals surface area contributed by atoms with Crippen LogP contribution < -0.4 is 10.9 Å². The normalized spacial score (nSPS) is 15.8. The van der Waals surface area contributed by atoms with Crippen LogP contribution in [0, 0.1) is 0 Å². The number of fused-ring (bicyclic) bond motifs is 2. The van der Waals surface area contributed by atoms with Crippen molar-refractivity contribution in [3.05, 3.63) is 58.0 Å². The van der Waals surface area contributed by atoms with Crippen molar-refractivity contribution in [2.24, 2.45) is 0 Å². The lowest BCUT2D eigenvalue weighted by Gasteiger charge is -2.36. The predicted molar refractivity (Wildman–Crippen MR) is 95.9 cm³/mol. The number of nitrogens with zero attached hydrogens (tertiary/aromatic N) is 4. The molecule has 2 aromatic heterocycles. The van der Waals surface area contributed by atoms with Gasteiger partial charge in [0.25, 0.3) is 5.56 Å². The molecule has 1 aliphatic carbocycles. The maximum Gasteiger partial charge on any atom is 0.275 e. The Morgan fingerprint density at radius 2 is 1.96 bits per heavy atom. The van der Waals surface area contributed by atoms with E-state index >= 15 is 0 Å². The molecule has 6 nitrogen and oxygen atoms in total. The van der Waals surface area contributed by atoms with Crippen molar-refractivity contribution in [2.75, 3.05) is 26.0 Å². The quantitative estimate of drug-likeness (QED) is 0.782. The van der Waals surface area contributed by atoms with Crippen LogP contribution in [0.3, 0.4) is 0 Å². The zero-order valence-electron chi connectivity index (χ0n) is 13.7. The number of rotatable bonds is 4. The lowest BCUT2D eigenvalue weighted by Crippen LogP contribution is -2.50. The first-order valence-electron chi connectivity index (χ1n) is 7.90. The molecular weight excluding hydrogens is 322 g/mol. The second-order valence-electron chi connectivity index (χ2n) is 6.48. The summed E-state index contributed by atoms with van der Waals surface area (Å²) in [7, 11) is 4.25. The Hall–Kier alpha value is -2.25. The molecule has 1 N–H and O–H groups in total. The van der Waals surface area contributed by atoms with Crippen molar-refractivity contribution < 1.29 is 0 Å². The molecule has 0 saturated heterocycles. The number of nitrogens with one attached hydrogen (secondary N) is 1. The van der Waals surface area contributed by atoms with Gasteiger partial charge in [0.05, 0.1) is 0 Å². The number of benzene rings is 1. The number of aromatic nitrogens is 3. The Balaban J connectivity index is 1.58. The smallest absolute Gasteiger partial charge is 0.275 e. The van der Waals surface area contributed by atoms with Crippen molar-refractivity contribution in [3.63, 3.8) is 0 Å².